The van der Waals surface area contributed by atoms with Crippen LogP contribution in [0.5, 0.6) is 11.5 Å². The number of hydrazone groups is 1. The molecule has 0 aliphatic heterocycles. The number of benzene rings is 3. The van der Waals surface area contributed by atoms with Gasteiger partial charge >= 0.3 is 0 Å². The predicted molar refractivity (Wildman–Crippen MR) is 121 cm³/mol. The van der Waals surface area contributed by atoms with Gasteiger partial charge in [0.2, 0.25) is 0 Å². The number of hydrogen-bond donors (Lipinski definition) is 1. The Labute approximate surface area is 185 Å². The minimum Gasteiger partial charge on any atom is -0.490 e. The second-order valence-corrected chi connectivity index (χ2v) is 7.24. The minimum atomic E-state index is 0.353. The molecule has 0 radical (unpaired) electrons. The molecule has 0 aromatic heterocycles. The zero-order chi connectivity index (χ0) is 20.6. The fourth-order valence-electron chi connectivity index (χ4n) is 2.51. The quantitative estimate of drug-likeness (QED) is 0.295. The summed E-state index contributed by atoms with van der Waals surface area (Å²) in [5.74, 6) is 1.28. The standard InChI is InChI=1S/C22H19Cl3N2O2/c1-2-28-22-11-15(13-26-27-17-8-9-19(24)20(25)12-17)7-10-21(22)29-14-16-5-3-4-6-18(16)23/h3-13,27H,2,14H2,1H3. The highest BCUT2D eigenvalue weighted by Crippen LogP contribution is 2.30. The van der Waals surface area contributed by atoms with E-state index in [0.29, 0.717) is 39.8 Å². The van der Waals surface area contributed by atoms with Crippen LogP contribution in [0.15, 0.2) is 65.8 Å². The third-order valence-electron chi connectivity index (χ3n) is 3.94. The monoisotopic (exact) mass is 448 g/mol. The van der Waals surface area contributed by atoms with Gasteiger partial charge in [-0.05, 0) is 55.0 Å². The molecule has 0 saturated heterocycles. The van der Waals surface area contributed by atoms with E-state index in [-0.39, 0.29) is 0 Å². The number of anilines is 1. The fourth-order valence-corrected chi connectivity index (χ4v) is 3.00. The van der Waals surface area contributed by atoms with Crippen molar-refractivity contribution in [2.75, 3.05) is 12.0 Å². The van der Waals surface area contributed by atoms with Crippen molar-refractivity contribution in [3.05, 3.63) is 86.9 Å². The lowest BCUT2D eigenvalue weighted by molar-refractivity contribution is 0.269. The van der Waals surface area contributed by atoms with Crippen LogP contribution in [0.4, 0.5) is 5.69 Å². The molecule has 150 valence electrons. The first-order chi connectivity index (χ1) is 14.1. The molecule has 0 amide bonds. The van der Waals surface area contributed by atoms with Crippen molar-refractivity contribution in [3.8, 4) is 11.5 Å². The van der Waals surface area contributed by atoms with Gasteiger partial charge in [0, 0.05) is 10.6 Å². The third kappa shape index (κ3) is 6.04. The topological polar surface area (TPSA) is 42.8 Å². The van der Waals surface area contributed by atoms with E-state index in [1.807, 2.05) is 49.4 Å². The summed E-state index contributed by atoms with van der Waals surface area (Å²) in [4.78, 5) is 0. The molecule has 3 aromatic carbocycles. The van der Waals surface area contributed by atoms with Gasteiger partial charge in [-0.1, -0.05) is 53.0 Å². The van der Waals surface area contributed by atoms with Crippen LogP contribution in [0.2, 0.25) is 15.1 Å². The average molecular weight is 450 g/mol. The maximum atomic E-state index is 6.19. The predicted octanol–water partition coefficient (Wildman–Crippen LogP) is 7.07. The van der Waals surface area contributed by atoms with Gasteiger partial charge in [-0.25, -0.2) is 0 Å². The SMILES string of the molecule is CCOc1cc(C=NNc2ccc(Cl)c(Cl)c2)ccc1OCc1ccccc1Cl. The molecule has 0 saturated carbocycles. The maximum absolute atomic E-state index is 6.19. The van der Waals surface area contributed by atoms with Crippen LogP contribution in [-0.4, -0.2) is 12.8 Å². The van der Waals surface area contributed by atoms with Gasteiger partial charge in [0.15, 0.2) is 11.5 Å². The smallest absolute Gasteiger partial charge is 0.161 e. The van der Waals surface area contributed by atoms with Crippen molar-refractivity contribution in [2.45, 2.75) is 13.5 Å². The lowest BCUT2D eigenvalue weighted by Gasteiger charge is -2.13. The Morgan fingerprint density at radius 1 is 0.862 bits per heavy atom. The fraction of sp³-hybridized carbons (Fsp3) is 0.136. The van der Waals surface area contributed by atoms with E-state index in [1.165, 1.54) is 0 Å². The van der Waals surface area contributed by atoms with Crippen molar-refractivity contribution in [3.63, 3.8) is 0 Å². The molecule has 4 nitrogen and oxygen atoms in total. The van der Waals surface area contributed by atoms with Gasteiger partial charge in [-0.3, -0.25) is 5.43 Å². The van der Waals surface area contributed by atoms with Gasteiger partial charge in [0.05, 0.1) is 28.6 Å². The number of hydrogen-bond acceptors (Lipinski definition) is 4. The van der Waals surface area contributed by atoms with Crippen LogP contribution in [0, 0.1) is 0 Å². The van der Waals surface area contributed by atoms with Crippen molar-refractivity contribution in [1.82, 2.24) is 0 Å². The normalized spacial score (nSPS) is 10.9. The second-order valence-electron chi connectivity index (χ2n) is 6.02. The Kier molecular flexibility index (Phi) is 7.64. The minimum absolute atomic E-state index is 0.353. The molecule has 0 aliphatic carbocycles. The molecule has 0 bridgehead atoms. The highest BCUT2D eigenvalue weighted by Gasteiger charge is 2.08. The zero-order valence-electron chi connectivity index (χ0n) is 15.7. The molecule has 3 rings (SSSR count). The molecule has 3 aromatic rings. The molecule has 0 spiro atoms. The van der Waals surface area contributed by atoms with Crippen molar-refractivity contribution < 1.29 is 9.47 Å². The molecular weight excluding hydrogens is 431 g/mol. The Hall–Kier alpha value is -2.40. The van der Waals surface area contributed by atoms with Crippen LogP contribution in [0.3, 0.4) is 0 Å². The summed E-state index contributed by atoms with van der Waals surface area (Å²) in [6, 6.07) is 18.4. The number of nitrogens with one attached hydrogen (secondary N) is 1. The summed E-state index contributed by atoms with van der Waals surface area (Å²) in [6.07, 6.45) is 1.68. The van der Waals surface area contributed by atoms with Gasteiger partial charge < -0.3 is 9.47 Å². The first-order valence-electron chi connectivity index (χ1n) is 8.94. The van der Waals surface area contributed by atoms with Crippen LogP contribution >= 0.6 is 34.8 Å². The Balaban J connectivity index is 1.69. The largest absolute Gasteiger partial charge is 0.490 e. The van der Waals surface area contributed by atoms with Crippen molar-refractivity contribution in [1.29, 1.82) is 0 Å². The highest BCUT2D eigenvalue weighted by molar-refractivity contribution is 6.42. The van der Waals surface area contributed by atoms with Crippen molar-refractivity contribution >= 4 is 46.7 Å². The maximum Gasteiger partial charge on any atom is 0.161 e. The van der Waals surface area contributed by atoms with Gasteiger partial charge in [0.1, 0.15) is 6.61 Å². The summed E-state index contributed by atoms with van der Waals surface area (Å²) in [6.45, 7) is 2.79. The number of ether oxygens (including phenoxy) is 2. The summed E-state index contributed by atoms with van der Waals surface area (Å²) in [5.41, 5.74) is 5.42. The zero-order valence-corrected chi connectivity index (χ0v) is 17.9. The van der Waals surface area contributed by atoms with Crippen molar-refractivity contribution in [2.24, 2.45) is 5.10 Å². The van der Waals surface area contributed by atoms with Crippen LogP contribution in [-0.2, 0) is 6.61 Å². The lowest BCUT2D eigenvalue weighted by atomic mass is 10.2. The van der Waals surface area contributed by atoms with Gasteiger partial charge in [-0.15, -0.1) is 0 Å². The molecule has 29 heavy (non-hydrogen) atoms. The van der Waals surface area contributed by atoms with Crippen LogP contribution in [0.1, 0.15) is 18.1 Å². The third-order valence-corrected chi connectivity index (χ3v) is 5.04. The molecule has 0 fully saturated rings. The van der Waals surface area contributed by atoms with Crippen LogP contribution in [0.25, 0.3) is 0 Å². The average Bonchev–Trinajstić information content (AvgIpc) is 2.71. The number of rotatable bonds is 8. The van der Waals surface area contributed by atoms with E-state index < -0.39 is 0 Å². The first-order valence-corrected chi connectivity index (χ1v) is 10.1. The molecule has 0 heterocycles. The second kappa shape index (κ2) is 10.4. The lowest BCUT2D eigenvalue weighted by Crippen LogP contribution is -2.01. The summed E-state index contributed by atoms with van der Waals surface area (Å²) < 4.78 is 11.6. The highest BCUT2D eigenvalue weighted by atomic mass is 35.5. The number of halogens is 3. The Bertz CT molecular complexity index is 1010. The molecule has 0 atom stereocenters. The van der Waals surface area contributed by atoms with Gasteiger partial charge in [0.25, 0.3) is 0 Å². The Morgan fingerprint density at radius 2 is 1.69 bits per heavy atom. The van der Waals surface area contributed by atoms with E-state index in [9.17, 15) is 0 Å². The van der Waals surface area contributed by atoms with Crippen LogP contribution < -0.4 is 14.9 Å². The van der Waals surface area contributed by atoms with E-state index >= 15 is 0 Å². The summed E-state index contributed by atoms with van der Waals surface area (Å²) >= 11 is 18.1. The summed E-state index contributed by atoms with van der Waals surface area (Å²) in [5, 5.41) is 5.86. The van der Waals surface area contributed by atoms with E-state index in [0.717, 1.165) is 16.8 Å². The molecular formula is C22H19Cl3N2O2. The van der Waals surface area contributed by atoms with E-state index in [2.05, 4.69) is 10.5 Å². The molecule has 0 aliphatic rings. The Morgan fingerprint density at radius 3 is 2.45 bits per heavy atom. The molecule has 1 N–H and O–H groups in total. The van der Waals surface area contributed by atoms with E-state index in [1.54, 1.807) is 24.4 Å². The molecule has 7 heteroatoms. The van der Waals surface area contributed by atoms with E-state index in [4.69, 9.17) is 44.3 Å². The molecule has 0 unspecified atom stereocenters. The summed E-state index contributed by atoms with van der Waals surface area (Å²) in [7, 11) is 0. The van der Waals surface area contributed by atoms with Gasteiger partial charge in [-0.2, -0.15) is 5.10 Å². The first kappa shape index (κ1) is 21.3. The number of nitrogens with zero attached hydrogens (tertiary/aromatic N) is 1.